The predicted octanol–water partition coefficient (Wildman–Crippen LogP) is 3.22. The van der Waals surface area contributed by atoms with Gasteiger partial charge in [-0.15, -0.1) is 0 Å². The Kier molecular flexibility index (Phi) is 7.59. The van der Waals surface area contributed by atoms with Crippen LogP contribution >= 0.6 is 0 Å². The van der Waals surface area contributed by atoms with Gasteiger partial charge < -0.3 is 15.6 Å². The Morgan fingerprint density at radius 1 is 1.26 bits per heavy atom. The maximum absolute atomic E-state index is 11.4. The molecule has 0 radical (unpaired) electrons. The van der Waals surface area contributed by atoms with Crippen molar-refractivity contribution in [3.63, 3.8) is 0 Å². The third kappa shape index (κ3) is 5.93. The molecular weight excluding hydrogens is 294 g/mol. The third-order valence-electron chi connectivity index (χ3n) is 3.96. The fraction of sp³-hybridized carbons (Fsp3) is 0.556. The highest BCUT2D eigenvalue weighted by Crippen LogP contribution is 2.29. The lowest BCUT2D eigenvalue weighted by Gasteiger charge is -2.13. The molecule has 0 fully saturated rings. The normalized spacial score (nSPS) is 12.0. The first-order valence-corrected chi connectivity index (χ1v) is 8.15. The molecule has 5 heteroatoms. The number of Topliss-reactive ketones (excluding diaryl/α,β-unsaturated/α-hetero) is 1. The molecule has 1 aromatic carbocycles. The molecule has 0 aromatic heterocycles. The standard InChI is InChI=1S/C18H27NO4/c1-4-14-10-15(13(3)20)16(21)11-17(14)23-9-7-5-6-8-12(2)18(19)22/h10-12,21H,4-9H2,1-3H3,(H2,19,22). The minimum absolute atomic E-state index is 0.0417. The molecule has 1 amide bonds. The van der Waals surface area contributed by atoms with Crippen LogP contribution in [0.2, 0.25) is 0 Å². The predicted molar refractivity (Wildman–Crippen MR) is 89.8 cm³/mol. The van der Waals surface area contributed by atoms with Gasteiger partial charge >= 0.3 is 0 Å². The molecule has 3 N–H and O–H groups in total. The molecule has 0 saturated carbocycles. The minimum Gasteiger partial charge on any atom is -0.507 e. The summed E-state index contributed by atoms with van der Waals surface area (Å²) in [5.74, 6) is 0.0846. The second-order valence-electron chi connectivity index (χ2n) is 5.89. The molecule has 0 saturated heterocycles. The van der Waals surface area contributed by atoms with E-state index in [0.29, 0.717) is 17.9 Å². The highest BCUT2D eigenvalue weighted by atomic mass is 16.5. The molecule has 0 bridgehead atoms. The van der Waals surface area contributed by atoms with E-state index in [0.717, 1.165) is 37.7 Å². The average Bonchev–Trinajstić information content (AvgIpc) is 2.50. The zero-order chi connectivity index (χ0) is 17.4. The Balaban J connectivity index is 2.47. The van der Waals surface area contributed by atoms with Crippen molar-refractivity contribution in [2.45, 2.75) is 52.9 Å². The summed E-state index contributed by atoms with van der Waals surface area (Å²) in [6, 6.07) is 3.21. The van der Waals surface area contributed by atoms with E-state index in [9.17, 15) is 14.7 Å². The second kappa shape index (κ2) is 9.18. The molecule has 128 valence electrons. The number of hydrogen-bond acceptors (Lipinski definition) is 4. The van der Waals surface area contributed by atoms with Gasteiger partial charge in [0.2, 0.25) is 5.91 Å². The summed E-state index contributed by atoms with van der Waals surface area (Å²) in [5, 5.41) is 9.89. The Labute approximate surface area is 137 Å². The number of benzene rings is 1. The number of rotatable bonds is 10. The first-order valence-electron chi connectivity index (χ1n) is 8.15. The van der Waals surface area contributed by atoms with Crippen LogP contribution in [-0.2, 0) is 11.2 Å². The Morgan fingerprint density at radius 3 is 2.52 bits per heavy atom. The summed E-state index contributed by atoms with van der Waals surface area (Å²) >= 11 is 0. The topological polar surface area (TPSA) is 89.6 Å². The number of carbonyl (C=O) groups is 2. The summed E-state index contributed by atoms with van der Waals surface area (Å²) in [7, 11) is 0. The molecule has 1 atom stereocenters. The van der Waals surface area contributed by atoms with Gasteiger partial charge in [-0.3, -0.25) is 9.59 Å². The van der Waals surface area contributed by atoms with Crippen LogP contribution in [0.5, 0.6) is 11.5 Å². The number of nitrogens with two attached hydrogens (primary N) is 1. The van der Waals surface area contributed by atoms with Crippen molar-refractivity contribution in [1.29, 1.82) is 0 Å². The molecule has 0 aliphatic heterocycles. The zero-order valence-corrected chi connectivity index (χ0v) is 14.2. The quantitative estimate of drug-likeness (QED) is 0.511. The largest absolute Gasteiger partial charge is 0.507 e. The van der Waals surface area contributed by atoms with Crippen LogP contribution < -0.4 is 10.5 Å². The van der Waals surface area contributed by atoms with E-state index in [4.69, 9.17) is 10.5 Å². The summed E-state index contributed by atoms with van der Waals surface area (Å²) in [6.45, 7) is 5.79. The molecular formula is C18H27NO4. The van der Waals surface area contributed by atoms with Crippen molar-refractivity contribution in [1.82, 2.24) is 0 Å². The average molecular weight is 321 g/mol. The van der Waals surface area contributed by atoms with E-state index in [1.165, 1.54) is 13.0 Å². The fourth-order valence-electron chi connectivity index (χ4n) is 2.36. The van der Waals surface area contributed by atoms with Gasteiger partial charge in [-0.25, -0.2) is 0 Å². The molecule has 5 nitrogen and oxygen atoms in total. The van der Waals surface area contributed by atoms with E-state index < -0.39 is 0 Å². The molecule has 1 aromatic rings. The fourth-order valence-corrected chi connectivity index (χ4v) is 2.36. The van der Waals surface area contributed by atoms with Crippen LogP contribution in [0, 0.1) is 5.92 Å². The zero-order valence-electron chi connectivity index (χ0n) is 14.2. The summed E-state index contributed by atoms with van der Waals surface area (Å²) in [4.78, 5) is 22.4. The molecule has 0 spiro atoms. The molecule has 0 aliphatic rings. The number of phenolic OH excluding ortho intramolecular Hbond substituents is 1. The summed E-state index contributed by atoms with van der Waals surface area (Å²) < 4.78 is 5.74. The summed E-state index contributed by atoms with van der Waals surface area (Å²) in [5.41, 5.74) is 6.46. The van der Waals surface area contributed by atoms with Gasteiger partial charge in [0.15, 0.2) is 5.78 Å². The van der Waals surface area contributed by atoms with Crippen LogP contribution in [0.3, 0.4) is 0 Å². The van der Waals surface area contributed by atoms with E-state index in [1.807, 2.05) is 13.8 Å². The first kappa shape index (κ1) is 19.0. The van der Waals surface area contributed by atoms with Crippen molar-refractivity contribution < 1.29 is 19.4 Å². The van der Waals surface area contributed by atoms with E-state index in [-0.39, 0.29) is 23.4 Å². The van der Waals surface area contributed by atoms with E-state index >= 15 is 0 Å². The maximum Gasteiger partial charge on any atom is 0.220 e. The van der Waals surface area contributed by atoms with E-state index in [1.54, 1.807) is 6.07 Å². The van der Waals surface area contributed by atoms with Gasteiger partial charge in [0.25, 0.3) is 0 Å². The number of phenols is 1. The van der Waals surface area contributed by atoms with Gasteiger partial charge in [-0.2, -0.15) is 0 Å². The molecule has 0 heterocycles. The van der Waals surface area contributed by atoms with Crippen molar-refractivity contribution in [2.24, 2.45) is 11.7 Å². The number of primary amides is 1. The van der Waals surface area contributed by atoms with Crippen molar-refractivity contribution in [3.8, 4) is 11.5 Å². The smallest absolute Gasteiger partial charge is 0.220 e. The first-order chi connectivity index (χ1) is 10.9. The lowest BCUT2D eigenvalue weighted by Crippen LogP contribution is -2.20. The molecule has 1 unspecified atom stereocenters. The Hall–Kier alpha value is -2.04. The maximum atomic E-state index is 11.4. The van der Waals surface area contributed by atoms with Crippen LogP contribution in [0.4, 0.5) is 0 Å². The number of aryl methyl sites for hydroxylation is 1. The number of amides is 1. The highest BCUT2D eigenvalue weighted by molar-refractivity contribution is 5.97. The Morgan fingerprint density at radius 2 is 1.96 bits per heavy atom. The van der Waals surface area contributed by atoms with Crippen molar-refractivity contribution in [2.75, 3.05) is 6.61 Å². The van der Waals surface area contributed by atoms with Crippen LogP contribution in [0.1, 0.15) is 62.4 Å². The molecule has 1 rings (SSSR count). The van der Waals surface area contributed by atoms with Gasteiger partial charge in [0.05, 0.1) is 12.2 Å². The number of carbonyl (C=O) groups excluding carboxylic acids is 2. The van der Waals surface area contributed by atoms with E-state index in [2.05, 4.69) is 0 Å². The number of aromatic hydroxyl groups is 1. The highest BCUT2D eigenvalue weighted by Gasteiger charge is 2.12. The summed E-state index contributed by atoms with van der Waals surface area (Å²) in [6.07, 6.45) is 4.28. The lowest BCUT2D eigenvalue weighted by atomic mass is 10.0. The van der Waals surface area contributed by atoms with Crippen molar-refractivity contribution in [3.05, 3.63) is 23.3 Å². The second-order valence-corrected chi connectivity index (χ2v) is 5.89. The molecule has 0 aliphatic carbocycles. The van der Waals surface area contributed by atoms with Crippen LogP contribution in [0.15, 0.2) is 12.1 Å². The van der Waals surface area contributed by atoms with Crippen LogP contribution in [-0.4, -0.2) is 23.4 Å². The number of ether oxygens (including phenoxy) is 1. The molecule has 23 heavy (non-hydrogen) atoms. The van der Waals surface area contributed by atoms with Crippen molar-refractivity contribution >= 4 is 11.7 Å². The van der Waals surface area contributed by atoms with Gasteiger partial charge in [-0.05, 0) is 37.8 Å². The SMILES string of the molecule is CCc1cc(C(C)=O)c(O)cc1OCCCCCC(C)C(N)=O. The third-order valence-corrected chi connectivity index (χ3v) is 3.96. The van der Waals surface area contributed by atoms with Gasteiger partial charge in [-0.1, -0.05) is 26.7 Å². The number of hydrogen-bond donors (Lipinski definition) is 2. The van der Waals surface area contributed by atoms with Gasteiger partial charge in [0.1, 0.15) is 11.5 Å². The number of ketones is 1. The lowest BCUT2D eigenvalue weighted by molar-refractivity contribution is -0.121. The van der Waals surface area contributed by atoms with Crippen LogP contribution in [0.25, 0.3) is 0 Å². The number of unbranched alkanes of at least 4 members (excludes halogenated alkanes) is 2. The monoisotopic (exact) mass is 321 g/mol. The Bertz CT molecular complexity index is 554. The minimum atomic E-state index is -0.255. The van der Waals surface area contributed by atoms with Gasteiger partial charge in [0, 0.05) is 12.0 Å².